The van der Waals surface area contributed by atoms with E-state index >= 15 is 0 Å². The van der Waals surface area contributed by atoms with Crippen LogP contribution in [0.1, 0.15) is 32.3 Å². The molecule has 0 saturated carbocycles. The van der Waals surface area contributed by atoms with E-state index in [1.165, 1.54) is 5.56 Å². The zero-order chi connectivity index (χ0) is 16.9. The fraction of sp³-hybridized carbons (Fsp3) is 0.650. The predicted octanol–water partition coefficient (Wildman–Crippen LogP) is 2.45. The lowest BCUT2D eigenvalue weighted by molar-refractivity contribution is -0.138. The van der Waals surface area contributed by atoms with Crippen molar-refractivity contribution >= 4 is 5.91 Å². The van der Waals surface area contributed by atoms with Crippen molar-refractivity contribution in [3.63, 3.8) is 0 Å². The third-order valence-corrected chi connectivity index (χ3v) is 5.18. The Hall–Kier alpha value is -1.39. The zero-order valence-electron chi connectivity index (χ0n) is 15.2. The number of carbonyl (C=O) groups excluding carboxylic acids is 1. The third-order valence-electron chi connectivity index (χ3n) is 5.18. The summed E-state index contributed by atoms with van der Waals surface area (Å²) in [5, 5.41) is 0. The number of benzene rings is 1. The topological polar surface area (TPSA) is 26.8 Å². The van der Waals surface area contributed by atoms with Crippen LogP contribution >= 0.6 is 0 Å². The van der Waals surface area contributed by atoms with Crippen LogP contribution in [0.4, 0.5) is 0 Å². The van der Waals surface area contributed by atoms with E-state index in [1.807, 2.05) is 6.07 Å². The van der Waals surface area contributed by atoms with E-state index in [1.54, 1.807) is 0 Å². The number of amides is 1. The summed E-state index contributed by atoms with van der Waals surface area (Å²) in [4.78, 5) is 20.0. The maximum absolute atomic E-state index is 13.0. The van der Waals surface area contributed by atoms with Gasteiger partial charge in [-0.15, -0.1) is 0 Å². The highest BCUT2D eigenvalue weighted by atomic mass is 16.2. The van der Waals surface area contributed by atoms with E-state index in [0.717, 1.165) is 58.7 Å². The third kappa shape index (κ3) is 4.37. The molecule has 132 valence electrons. The fourth-order valence-electron chi connectivity index (χ4n) is 3.99. The average Bonchev–Trinajstić information content (AvgIpc) is 3.03. The number of rotatable bonds is 5. The predicted molar refractivity (Wildman–Crippen MR) is 97.7 cm³/mol. The van der Waals surface area contributed by atoms with E-state index in [2.05, 4.69) is 52.8 Å². The molecule has 0 aromatic heterocycles. The molecule has 1 aromatic carbocycles. The monoisotopic (exact) mass is 329 g/mol. The van der Waals surface area contributed by atoms with E-state index in [0.29, 0.717) is 11.8 Å². The first-order valence-corrected chi connectivity index (χ1v) is 9.42. The Morgan fingerprint density at radius 3 is 2.46 bits per heavy atom. The molecule has 0 aliphatic carbocycles. The summed E-state index contributed by atoms with van der Waals surface area (Å²) in [6.45, 7) is 11.4. The van der Waals surface area contributed by atoms with Crippen LogP contribution < -0.4 is 0 Å². The molecule has 2 aliphatic heterocycles. The summed E-state index contributed by atoms with van der Waals surface area (Å²) >= 11 is 0. The van der Waals surface area contributed by atoms with E-state index in [9.17, 15) is 4.79 Å². The van der Waals surface area contributed by atoms with Crippen LogP contribution in [0.5, 0.6) is 0 Å². The lowest BCUT2D eigenvalue weighted by Gasteiger charge is -2.38. The van der Waals surface area contributed by atoms with Gasteiger partial charge in [0.15, 0.2) is 0 Å². The molecule has 1 amide bonds. The molecule has 2 fully saturated rings. The van der Waals surface area contributed by atoms with Crippen LogP contribution in [-0.2, 0) is 11.3 Å². The molecule has 0 spiro atoms. The van der Waals surface area contributed by atoms with Crippen LogP contribution in [0.15, 0.2) is 30.3 Å². The normalized spacial score (nSPS) is 23.1. The molecule has 3 rings (SSSR count). The Morgan fingerprint density at radius 2 is 1.79 bits per heavy atom. The van der Waals surface area contributed by atoms with Gasteiger partial charge in [0.05, 0.1) is 6.04 Å². The molecular formula is C20H31N3O. The first-order valence-electron chi connectivity index (χ1n) is 9.42. The zero-order valence-corrected chi connectivity index (χ0v) is 15.2. The maximum Gasteiger partial charge on any atom is 0.240 e. The van der Waals surface area contributed by atoms with E-state index in [4.69, 9.17) is 0 Å². The molecule has 0 radical (unpaired) electrons. The Bertz CT molecular complexity index is 523. The van der Waals surface area contributed by atoms with Crippen molar-refractivity contribution < 1.29 is 4.79 Å². The van der Waals surface area contributed by atoms with Gasteiger partial charge in [0.2, 0.25) is 5.91 Å². The lowest BCUT2D eigenvalue weighted by Crippen LogP contribution is -2.53. The van der Waals surface area contributed by atoms with Crippen molar-refractivity contribution in [1.82, 2.24) is 14.7 Å². The molecule has 2 heterocycles. The van der Waals surface area contributed by atoms with Gasteiger partial charge in [-0.25, -0.2) is 0 Å². The molecule has 4 nitrogen and oxygen atoms in total. The molecule has 0 N–H and O–H groups in total. The first kappa shape index (κ1) is 17.4. The summed E-state index contributed by atoms with van der Waals surface area (Å²) in [6, 6.07) is 10.6. The largest absolute Gasteiger partial charge is 0.339 e. The molecule has 24 heavy (non-hydrogen) atoms. The second kappa shape index (κ2) is 8.13. The molecule has 1 atom stereocenters. The van der Waals surface area contributed by atoms with Crippen LogP contribution in [0, 0.1) is 5.92 Å². The molecular weight excluding hydrogens is 298 g/mol. The van der Waals surface area contributed by atoms with Gasteiger partial charge < -0.3 is 4.90 Å². The van der Waals surface area contributed by atoms with Crippen LogP contribution in [0.3, 0.4) is 0 Å². The molecule has 1 unspecified atom stereocenters. The van der Waals surface area contributed by atoms with Crippen molar-refractivity contribution in [2.75, 3.05) is 39.3 Å². The van der Waals surface area contributed by atoms with E-state index in [-0.39, 0.29) is 6.04 Å². The van der Waals surface area contributed by atoms with Gasteiger partial charge in [-0.1, -0.05) is 44.2 Å². The summed E-state index contributed by atoms with van der Waals surface area (Å²) < 4.78 is 0. The number of likely N-dealkylation sites (tertiary alicyclic amines) is 1. The van der Waals surface area contributed by atoms with E-state index < -0.39 is 0 Å². The van der Waals surface area contributed by atoms with Gasteiger partial charge >= 0.3 is 0 Å². The highest BCUT2D eigenvalue weighted by Crippen LogP contribution is 2.22. The Balaban J connectivity index is 1.54. The number of carbonyl (C=O) groups is 1. The minimum Gasteiger partial charge on any atom is -0.339 e. The molecule has 2 saturated heterocycles. The Kier molecular flexibility index (Phi) is 5.90. The number of hydrogen-bond acceptors (Lipinski definition) is 3. The summed E-state index contributed by atoms with van der Waals surface area (Å²) in [5.41, 5.74) is 1.30. The van der Waals surface area contributed by atoms with Crippen LogP contribution in [0.25, 0.3) is 0 Å². The smallest absolute Gasteiger partial charge is 0.240 e. The van der Waals surface area contributed by atoms with Gasteiger partial charge in [0, 0.05) is 39.3 Å². The Morgan fingerprint density at radius 1 is 1.08 bits per heavy atom. The van der Waals surface area contributed by atoms with Crippen molar-refractivity contribution in [2.24, 2.45) is 5.92 Å². The quantitative estimate of drug-likeness (QED) is 0.830. The molecule has 1 aromatic rings. The molecule has 2 aliphatic rings. The van der Waals surface area contributed by atoms with Crippen molar-refractivity contribution in [3.8, 4) is 0 Å². The number of nitrogens with zero attached hydrogens (tertiary/aromatic N) is 3. The lowest BCUT2D eigenvalue weighted by atomic mass is 10.1. The van der Waals surface area contributed by atoms with Crippen molar-refractivity contribution in [2.45, 2.75) is 39.3 Å². The van der Waals surface area contributed by atoms with Crippen molar-refractivity contribution in [3.05, 3.63) is 35.9 Å². The maximum atomic E-state index is 13.0. The van der Waals surface area contributed by atoms with Gasteiger partial charge in [-0.05, 0) is 30.9 Å². The second-order valence-electron chi connectivity index (χ2n) is 7.63. The van der Waals surface area contributed by atoms with Gasteiger partial charge in [-0.3, -0.25) is 14.6 Å². The number of piperazine rings is 1. The summed E-state index contributed by atoms with van der Waals surface area (Å²) in [5.74, 6) is 1.05. The molecule has 4 heteroatoms. The summed E-state index contributed by atoms with van der Waals surface area (Å²) in [6.07, 6.45) is 2.15. The second-order valence-corrected chi connectivity index (χ2v) is 7.63. The highest BCUT2D eigenvalue weighted by molar-refractivity contribution is 5.82. The standard InChI is InChI=1S/C20H31N3O/c1-17(2)15-21-11-13-22(14-12-21)20(24)19-9-6-10-23(19)16-18-7-4-3-5-8-18/h3-5,7-8,17,19H,6,9-16H2,1-2H3. The minimum atomic E-state index is 0.0851. The number of hydrogen-bond donors (Lipinski definition) is 0. The molecule has 0 bridgehead atoms. The van der Waals surface area contributed by atoms with Crippen LogP contribution in [0.2, 0.25) is 0 Å². The SMILES string of the molecule is CC(C)CN1CCN(C(=O)C2CCCN2Cc2ccccc2)CC1. The Labute approximate surface area is 146 Å². The van der Waals surface area contributed by atoms with Crippen molar-refractivity contribution in [1.29, 1.82) is 0 Å². The fourth-order valence-corrected chi connectivity index (χ4v) is 3.99. The average molecular weight is 329 g/mol. The van der Waals surface area contributed by atoms with Crippen LogP contribution in [-0.4, -0.2) is 65.9 Å². The highest BCUT2D eigenvalue weighted by Gasteiger charge is 2.34. The van der Waals surface area contributed by atoms with Gasteiger partial charge in [0.25, 0.3) is 0 Å². The van der Waals surface area contributed by atoms with Gasteiger partial charge in [0.1, 0.15) is 0 Å². The first-order chi connectivity index (χ1) is 11.6. The summed E-state index contributed by atoms with van der Waals surface area (Å²) in [7, 11) is 0. The minimum absolute atomic E-state index is 0.0851. The van der Waals surface area contributed by atoms with Gasteiger partial charge in [-0.2, -0.15) is 0 Å².